The molecule has 2 N–H and O–H groups in total. The zero-order valence-corrected chi connectivity index (χ0v) is 13.4. The van der Waals surface area contributed by atoms with Crippen LogP contribution in [0, 0.1) is 5.92 Å². The molecule has 3 rings (SSSR count). The van der Waals surface area contributed by atoms with Crippen molar-refractivity contribution >= 4 is 29.7 Å². The van der Waals surface area contributed by atoms with Crippen LogP contribution in [0.3, 0.4) is 0 Å². The molecule has 0 aromatic carbocycles. The highest BCUT2D eigenvalue weighted by molar-refractivity contribution is 7.10. The Morgan fingerprint density at radius 3 is 3.00 bits per heavy atom. The van der Waals surface area contributed by atoms with E-state index in [1.54, 1.807) is 11.3 Å². The average molecular weight is 315 g/mol. The van der Waals surface area contributed by atoms with Gasteiger partial charge in [-0.05, 0) is 63.1 Å². The summed E-state index contributed by atoms with van der Waals surface area (Å²) in [5.41, 5.74) is 2.28. The van der Waals surface area contributed by atoms with Crippen molar-refractivity contribution in [3.63, 3.8) is 0 Å². The van der Waals surface area contributed by atoms with Gasteiger partial charge in [-0.2, -0.15) is 0 Å². The van der Waals surface area contributed by atoms with E-state index in [0.29, 0.717) is 5.92 Å². The number of rotatable bonds is 3. The molecule has 112 valence electrons. The van der Waals surface area contributed by atoms with Crippen LogP contribution in [-0.4, -0.2) is 25.5 Å². The van der Waals surface area contributed by atoms with Crippen molar-refractivity contribution in [3.8, 4) is 0 Å². The third-order valence-corrected chi connectivity index (χ3v) is 5.34. The van der Waals surface area contributed by atoms with Gasteiger partial charge >= 0.3 is 0 Å². The van der Waals surface area contributed by atoms with E-state index in [9.17, 15) is 4.79 Å². The Morgan fingerprint density at radius 2 is 2.20 bits per heavy atom. The molecule has 0 bridgehead atoms. The lowest BCUT2D eigenvalue weighted by Crippen LogP contribution is -2.38. The maximum atomic E-state index is 12.3. The molecule has 1 aromatic heterocycles. The molecular formula is C15H23ClN2OS. The highest BCUT2D eigenvalue weighted by atomic mass is 35.5. The van der Waals surface area contributed by atoms with Crippen LogP contribution in [0.2, 0.25) is 0 Å². The van der Waals surface area contributed by atoms with E-state index < -0.39 is 0 Å². The van der Waals surface area contributed by atoms with Crippen molar-refractivity contribution in [2.45, 2.75) is 38.5 Å². The van der Waals surface area contributed by atoms with E-state index >= 15 is 0 Å². The highest BCUT2D eigenvalue weighted by Crippen LogP contribution is 2.30. The smallest absolute Gasteiger partial charge is 0.252 e. The Kier molecular flexibility index (Phi) is 5.87. The number of hydrogen-bond acceptors (Lipinski definition) is 3. The molecule has 2 aliphatic rings. The maximum Gasteiger partial charge on any atom is 0.252 e. The van der Waals surface area contributed by atoms with Crippen LogP contribution in [0.15, 0.2) is 5.38 Å². The van der Waals surface area contributed by atoms with Gasteiger partial charge in [-0.15, -0.1) is 23.7 Å². The predicted molar refractivity (Wildman–Crippen MR) is 86.1 cm³/mol. The molecule has 2 heterocycles. The van der Waals surface area contributed by atoms with Crippen molar-refractivity contribution in [2.75, 3.05) is 19.6 Å². The van der Waals surface area contributed by atoms with Gasteiger partial charge in [0.15, 0.2) is 0 Å². The minimum absolute atomic E-state index is 0. The first-order chi connectivity index (χ1) is 9.34. The molecule has 1 saturated heterocycles. The molecule has 1 amide bonds. The van der Waals surface area contributed by atoms with Crippen LogP contribution >= 0.6 is 23.7 Å². The quantitative estimate of drug-likeness (QED) is 0.901. The van der Waals surface area contributed by atoms with Gasteiger partial charge in [0.25, 0.3) is 5.91 Å². The maximum absolute atomic E-state index is 12.3. The fraction of sp³-hybridized carbons (Fsp3) is 0.667. The summed E-state index contributed by atoms with van der Waals surface area (Å²) in [7, 11) is 0. The van der Waals surface area contributed by atoms with E-state index in [0.717, 1.165) is 31.6 Å². The first-order valence-corrected chi connectivity index (χ1v) is 8.30. The van der Waals surface area contributed by atoms with E-state index in [2.05, 4.69) is 16.0 Å². The first kappa shape index (κ1) is 15.8. The Balaban J connectivity index is 0.00000147. The number of carbonyl (C=O) groups is 1. The zero-order valence-electron chi connectivity index (χ0n) is 11.7. The molecule has 1 aliphatic heterocycles. The standard InChI is InChI=1S/C15H22N2OS.ClH/c18-15(17-9-11-4-3-7-16-8-11)13-10-19-14-6-2-1-5-12(13)14;/h10-11,16H,1-9H2,(H,17,18);1H. The fourth-order valence-corrected chi connectivity index (χ4v) is 4.24. The summed E-state index contributed by atoms with van der Waals surface area (Å²) in [6.45, 7) is 2.99. The SMILES string of the molecule is Cl.O=C(NCC1CCCNC1)c1csc2c1CCCC2. The summed E-state index contributed by atoms with van der Waals surface area (Å²) in [4.78, 5) is 13.7. The number of halogens is 1. The molecule has 0 radical (unpaired) electrons. The van der Waals surface area contributed by atoms with Crippen LogP contribution in [0.5, 0.6) is 0 Å². The number of piperidine rings is 1. The molecule has 1 aliphatic carbocycles. The van der Waals surface area contributed by atoms with Gasteiger partial charge in [-0.1, -0.05) is 0 Å². The molecule has 1 unspecified atom stereocenters. The average Bonchev–Trinajstić information content (AvgIpc) is 2.90. The molecule has 0 spiro atoms. The second-order valence-electron chi connectivity index (χ2n) is 5.68. The topological polar surface area (TPSA) is 41.1 Å². The molecule has 3 nitrogen and oxygen atoms in total. The highest BCUT2D eigenvalue weighted by Gasteiger charge is 2.21. The minimum atomic E-state index is 0. The lowest BCUT2D eigenvalue weighted by molar-refractivity contribution is 0.0944. The van der Waals surface area contributed by atoms with Crippen molar-refractivity contribution in [2.24, 2.45) is 5.92 Å². The largest absolute Gasteiger partial charge is 0.352 e. The Hall–Kier alpha value is -0.580. The third-order valence-electron chi connectivity index (χ3n) is 4.26. The van der Waals surface area contributed by atoms with Gasteiger partial charge in [-0.25, -0.2) is 0 Å². The van der Waals surface area contributed by atoms with Gasteiger partial charge in [0.2, 0.25) is 0 Å². The van der Waals surface area contributed by atoms with Crippen LogP contribution in [0.1, 0.15) is 46.5 Å². The van der Waals surface area contributed by atoms with Crippen LogP contribution < -0.4 is 10.6 Å². The van der Waals surface area contributed by atoms with Gasteiger partial charge in [-0.3, -0.25) is 4.79 Å². The van der Waals surface area contributed by atoms with E-state index in [1.807, 2.05) is 0 Å². The summed E-state index contributed by atoms with van der Waals surface area (Å²) in [6, 6.07) is 0. The lowest BCUT2D eigenvalue weighted by atomic mass is 9.95. The minimum Gasteiger partial charge on any atom is -0.352 e. The number of carbonyl (C=O) groups excluding carboxylic acids is 1. The number of thiophene rings is 1. The summed E-state index contributed by atoms with van der Waals surface area (Å²) >= 11 is 1.77. The molecule has 0 saturated carbocycles. The van der Waals surface area contributed by atoms with Gasteiger partial charge in [0.1, 0.15) is 0 Å². The zero-order chi connectivity index (χ0) is 13.1. The number of fused-ring (bicyclic) bond motifs is 1. The van der Waals surface area contributed by atoms with E-state index in [4.69, 9.17) is 0 Å². The number of nitrogens with one attached hydrogen (secondary N) is 2. The summed E-state index contributed by atoms with van der Waals surface area (Å²) < 4.78 is 0. The van der Waals surface area contributed by atoms with Crippen LogP contribution in [-0.2, 0) is 12.8 Å². The van der Waals surface area contributed by atoms with Crippen molar-refractivity contribution < 1.29 is 4.79 Å². The molecular weight excluding hydrogens is 292 g/mol. The molecule has 1 fully saturated rings. The number of hydrogen-bond donors (Lipinski definition) is 2. The van der Waals surface area contributed by atoms with Gasteiger partial charge in [0, 0.05) is 16.8 Å². The summed E-state index contributed by atoms with van der Waals surface area (Å²) in [5.74, 6) is 0.747. The second-order valence-corrected chi connectivity index (χ2v) is 6.64. The van der Waals surface area contributed by atoms with Crippen LogP contribution in [0.4, 0.5) is 0 Å². The monoisotopic (exact) mass is 314 g/mol. The molecule has 5 heteroatoms. The molecule has 1 aromatic rings. The normalized spacial score (nSPS) is 21.7. The second kappa shape index (κ2) is 7.43. The third kappa shape index (κ3) is 3.54. The Labute approximate surface area is 130 Å². The lowest BCUT2D eigenvalue weighted by Gasteiger charge is -2.23. The summed E-state index contributed by atoms with van der Waals surface area (Å²) in [5, 5.41) is 8.59. The number of aryl methyl sites for hydroxylation is 1. The number of amides is 1. The fourth-order valence-electron chi connectivity index (χ4n) is 3.11. The molecule has 1 atom stereocenters. The van der Waals surface area contributed by atoms with Gasteiger partial charge in [0.05, 0.1) is 5.56 Å². The van der Waals surface area contributed by atoms with E-state index in [1.165, 1.54) is 42.5 Å². The van der Waals surface area contributed by atoms with Crippen molar-refractivity contribution in [1.82, 2.24) is 10.6 Å². The predicted octanol–water partition coefficient (Wildman–Crippen LogP) is 2.78. The summed E-state index contributed by atoms with van der Waals surface area (Å²) in [6.07, 6.45) is 7.23. The molecule has 20 heavy (non-hydrogen) atoms. The first-order valence-electron chi connectivity index (χ1n) is 7.43. The van der Waals surface area contributed by atoms with Crippen molar-refractivity contribution in [3.05, 3.63) is 21.4 Å². The van der Waals surface area contributed by atoms with Crippen LogP contribution in [0.25, 0.3) is 0 Å². The Bertz CT molecular complexity index is 455. The van der Waals surface area contributed by atoms with Gasteiger partial charge < -0.3 is 10.6 Å². The van der Waals surface area contributed by atoms with Crippen molar-refractivity contribution in [1.29, 1.82) is 0 Å². The van der Waals surface area contributed by atoms with E-state index in [-0.39, 0.29) is 18.3 Å². The Morgan fingerprint density at radius 1 is 1.35 bits per heavy atom.